The summed E-state index contributed by atoms with van der Waals surface area (Å²) < 4.78 is 5.54. The highest BCUT2D eigenvalue weighted by atomic mass is 16.6. The van der Waals surface area contributed by atoms with Crippen LogP contribution >= 0.6 is 0 Å². The van der Waals surface area contributed by atoms with E-state index in [1.165, 1.54) is 0 Å². The zero-order valence-electron chi connectivity index (χ0n) is 14.5. The summed E-state index contributed by atoms with van der Waals surface area (Å²) in [7, 11) is 0. The fraction of sp³-hybridized carbons (Fsp3) is 0.350. The largest absolute Gasteiger partial charge is 0.508 e. The van der Waals surface area contributed by atoms with Crippen molar-refractivity contribution in [2.75, 3.05) is 0 Å². The summed E-state index contributed by atoms with van der Waals surface area (Å²) in [5.74, 6) is -0.0307. The Morgan fingerprint density at radius 3 is 2.25 bits per heavy atom. The van der Waals surface area contributed by atoms with E-state index >= 15 is 0 Å². The Kier molecular flexibility index (Phi) is 5.99. The molecule has 1 atom stereocenters. The molecule has 0 bridgehead atoms. The summed E-state index contributed by atoms with van der Waals surface area (Å²) in [6.07, 6.45) is 0.563. The lowest BCUT2D eigenvalue weighted by atomic mass is 10.0. The van der Waals surface area contributed by atoms with Gasteiger partial charge in [-0.1, -0.05) is 42.5 Å². The Balaban J connectivity index is 2.06. The number of phenols is 1. The Bertz CT molecular complexity index is 645. The second-order valence-corrected chi connectivity index (χ2v) is 6.82. The van der Waals surface area contributed by atoms with Gasteiger partial charge >= 0.3 is 5.97 Å². The summed E-state index contributed by atoms with van der Waals surface area (Å²) in [5.41, 5.74) is 1.55. The molecule has 4 heteroatoms. The Morgan fingerprint density at radius 1 is 1.04 bits per heavy atom. The van der Waals surface area contributed by atoms with Crippen LogP contribution < -0.4 is 5.32 Å². The number of esters is 1. The highest BCUT2D eigenvalue weighted by Gasteiger charge is 2.25. The molecule has 0 saturated heterocycles. The maximum atomic E-state index is 12.5. The zero-order valence-corrected chi connectivity index (χ0v) is 14.5. The molecule has 2 aromatic carbocycles. The van der Waals surface area contributed by atoms with E-state index in [9.17, 15) is 9.90 Å². The molecule has 0 spiro atoms. The third-order valence-electron chi connectivity index (χ3n) is 3.46. The van der Waals surface area contributed by atoms with E-state index in [-0.39, 0.29) is 11.7 Å². The lowest BCUT2D eigenvalue weighted by Crippen LogP contribution is -2.42. The molecule has 0 radical (unpaired) electrons. The van der Waals surface area contributed by atoms with Crippen LogP contribution in [0.2, 0.25) is 0 Å². The minimum atomic E-state index is -0.522. The fourth-order valence-corrected chi connectivity index (χ4v) is 2.32. The van der Waals surface area contributed by atoms with Gasteiger partial charge in [0.15, 0.2) is 0 Å². The van der Waals surface area contributed by atoms with Crippen LogP contribution in [0.25, 0.3) is 0 Å². The summed E-state index contributed by atoms with van der Waals surface area (Å²) >= 11 is 0. The molecule has 0 amide bonds. The average molecular weight is 327 g/mol. The van der Waals surface area contributed by atoms with E-state index in [0.29, 0.717) is 13.0 Å². The van der Waals surface area contributed by atoms with Crippen LogP contribution in [-0.4, -0.2) is 22.7 Å². The minimum absolute atomic E-state index is 0.228. The maximum Gasteiger partial charge on any atom is 0.324 e. The van der Waals surface area contributed by atoms with Crippen molar-refractivity contribution >= 4 is 5.97 Å². The molecule has 4 nitrogen and oxygen atoms in total. The summed E-state index contributed by atoms with van der Waals surface area (Å²) in [6.45, 7) is 6.12. The first-order chi connectivity index (χ1) is 11.3. The molecule has 0 heterocycles. The molecule has 0 aromatic heterocycles. The molecule has 2 N–H and O–H groups in total. The van der Waals surface area contributed by atoms with E-state index in [1.807, 2.05) is 63.2 Å². The number of hydrogen-bond acceptors (Lipinski definition) is 4. The first kappa shape index (κ1) is 18.0. The molecule has 0 aliphatic heterocycles. The number of phenolic OH excluding ortho intramolecular Hbond substituents is 1. The van der Waals surface area contributed by atoms with Crippen LogP contribution in [-0.2, 0) is 22.5 Å². The lowest BCUT2D eigenvalue weighted by molar-refractivity contribution is -0.157. The average Bonchev–Trinajstić information content (AvgIpc) is 2.52. The molecular formula is C20H25NO3. The van der Waals surface area contributed by atoms with Crippen molar-refractivity contribution in [1.29, 1.82) is 0 Å². The van der Waals surface area contributed by atoms with Crippen molar-refractivity contribution in [3.63, 3.8) is 0 Å². The number of carbonyl (C=O) groups is 1. The van der Waals surface area contributed by atoms with Gasteiger partial charge in [-0.05, 0) is 50.5 Å². The van der Waals surface area contributed by atoms with Gasteiger partial charge in [-0.25, -0.2) is 0 Å². The molecular weight excluding hydrogens is 302 g/mol. The Morgan fingerprint density at radius 2 is 1.67 bits per heavy atom. The van der Waals surface area contributed by atoms with Crippen LogP contribution in [0.4, 0.5) is 0 Å². The standard InChI is InChI=1S/C20H25NO3/c1-20(2,3)24-19(23)18(13-15-7-5-4-6-8-15)21-14-16-9-11-17(22)12-10-16/h4-12,18,21-22H,13-14H2,1-3H3/t18-/m0/s1. The molecule has 0 aliphatic rings. The molecule has 0 fully saturated rings. The van der Waals surface area contributed by atoms with Crippen molar-refractivity contribution in [3.8, 4) is 5.75 Å². The van der Waals surface area contributed by atoms with E-state index in [0.717, 1.165) is 11.1 Å². The third-order valence-corrected chi connectivity index (χ3v) is 3.46. The third kappa shape index (κ3) is 6.05. The van der Waals surface area contributed by atoms with Crippen molar-refractivity contribution in [1.82, 2.24) is 5.32 Å². The first-order valence-corrected chi connectivity index (χ1v) is 8.11. The predicted molar refractivity (Wildman–Crippen MR) is 94.7 cm³/mol. The first-order valence-electron chi connectivity index (χ1n) is 8.11. The van der Waals surface area contributed by atoms with Gasteiger partial charge < -0.3 is 15.2 Å². The minimum Gasteiger partial charge on any atom is -0.508 e. The summed E-state index contributed by atoms with van der Waals surface area (Å²) in [4.78, 5) is 12.5. The van der Waals surface area contributed by atoms with Crippen molar-refractivity contribution in [2.24, 2.45) is 0 Å². The van der Waals surface area contributed by atoms with Crippen LogP contribution in [0.5, 0.6) is 5.75 Å². The van der Waals surface area contributed by atoms with E-state index in [4.69, 9.17) is 4.74 Å². The van der Waals surface area contributed by atoms with Gasteiger partial charge in [0.25, 0.3) is 0 Å². The van der Waals surface area contributed by atoms with Crippen molar-refractivity contribution in [2.45, 2.75) is 45.4 Å². The zero-order chi connectivity index (χ0) is 17.6. The van der Waals surface area contributed by atoms with Crippen LogP contribution in [0.3, 0.4) is 0 Å². The molecule has 128 valence electrons. The molecule has 2 aromatic rings. The molecule has 24 heavy (non-hydrogen) atoms. The number of ether oxygens (including phenoxy) is 1. The van der Waals surface area contributed by atoms with Gasteiger partial charge in [-0.15, -0.1) is 0 Å². The Labute approximate surface area is 143 Å². The Hall–Kier alpha value is -2.33. The van der Waals surface area contributed by atoms with Crippen molar-refractivity contribution < 1.29 is 14.6 Å². The van der Waals surface area contributed by atoms with Crippen molar-refractivity contribution in [3.05, 3.63) is 65.7 Å². The van der Waals surface area contributed by atoms with E-state index in [1.54, 1.807) is 12.1 Å². The van der Waals surface area contributed by atoms with Gasteiger partial charge in [-0.2, -0.15) is 0 Å². The van der Waals surface area contributed by atoms with Crippen LogP contribution in [0, 0.1) is 0 Å². The number of benzene rings is 2. The number of rotatable bonds is 6. The van der Waals surface area contributed by atoms with Crippen LogP contribution in [0.15, 0.2) is 54.6 Å². The number of nitrogens with one attached hydrogen (secondary N) is 1. The van der Waals surface area contributed by atoms with Gasteiger partial charge in [0.1, 0.15) is 17.4 Å². The lowest BCUT2D eigenvalue weighted by Gasteiger charge is -2.25. The fourth-order valence-electron chi connectivity index (χ4n) is 2.32. The summed E-state index contributed by atoms with van der Waals surface area (Å²) in [6, 6.07) is 16.4. The topological polar surface area (TPSA) is 58.6 Å². The van der Waals surface area contributed by atoms with Gasteiger partial charge in [0.05, 0.1) is 0 Å². The highest BCUT2D eigenvalue weighted by molar-refractivity contribution is 5.76. The SMILES string of the molecule is CC(C)(C)OC(=O)[C@H](Cc1ccccc1)NCc1ccc(O)cc1. The predicted octanol–water partition coefficient (Wildman–Crippen LogP) is 3.43. The second-order valence-electron chi connectivity index (χ2n) is 6.82. The second kappa shape index (κ2) is 7.97. The monoisotopic (exact) mass is 327 g/mol. The molecule has 2 rings (SSSR count). The van der Waals surface area contributed by atoms with Gasteiger partial charge in [0.2, 0.25) is 0 Å². The summed E-state index contributed by atoms with van der Waals surface area (Å²) in [5, 5.41) is 12.6. The van der Waals surface area contributed by atoms with Crippen LogP contribution in [0.1, 0.15) is 31.9 Å². The molecule has 0 unspecified atom stereocenters. The maximum absolute atomic E-state index is 12.5. The smallest absolute Gasteiger partial charge is 0.324 e. The molecule has 0 aliphatic carbocycles. The van der Waals surface area contributed by atoms with Gasteiger partial charge in [-0.3, -0.25) is 4.79 Å². The molecule has 0 saturated carbocycles. The highest BCUT2D eigenvalue weighted by Crippen LogP contribution is 2.13. The van der Waals surface area contributed by atoms with E-state index in [2.05, 4.69) is 5.32 Å². The number of aromatic hydroxyl groups is 1. The number of hydrogen-bond donors (Lipinski definition) is 2. The normalized spacial score (nSPS) is 12.6. The van der Waals surface area contributed by atoms with Gasteiger partial charge in [0, 0.05) is 6.54 Å². The number of carbonyl (C=O) groups excluding carboxylic acids is 1. The quantitative estimate of drug-likeness (QED) is 0.798. The van der Waals surface area contributed by atoms with E-state index < -0.39 is 11.6 Å².